The van der Waals surface area contributed by atoms with E-state index in [0.29, 0.717) is 17.4 Å². The van der Waals surface area contributed by atoms with Gasteiger partial charge in [-0.3, -0.25) is 14.2 Å². The molecule has 10 heteroatoms. The molecule has 3 unspecified atom stereocenters. The third-order valence-electron chi connectivity index (χ3n) is 12.3. The highest BCUT2D eigenvalue weighted by molar-refractivity contribution is 7.45. The van der Waals surface area contributed by atoms with Crippen LogP contribution in [0.15, 0.2) is 36.5 Å². The molecule has 0 rings (SSSR count). The third-order valence-corrected chi connectivity index (χ3v) is 13.3. The van der Waals surface area contributed by atoms with E-state index < -0.39 is 26.6 Å². The van der Waals surface area contributed by atoms with Crippen LogP contribution in [0.4, 0.5) is 0 Å². The van der Waals surface area contributed by atoms with Crippen molar-refractivity contribution < 1.29 is 37.3 Å². The van der Waals surface area contributed by atoms with Crippen LogP contribution in [0.2, 0.25) is 0 Å². The van der Waals surface area contributed by atoms with Gasteiger partial charge in [-0.2, -0.15) is 0 Å². The van der Waals surface area contributed by atoms with Gasteiger partial charge < -0.3 is 28.5 Å². The summed E-state index contributed by atoms with van der Waals surface area (Å²) in [6.45, 7) is 6.80. The van der Waals surface area contributed by atoms with E-state index in [2.05, 4.69) is 44.3 Å². The maximum atomic E-state index is 13.4. The lowest BCUT2D eigenvalue weighted by atomic mass is 10.0. The van der Waals surface area contributed by atoms with Gasteiger partial charge in [0.1, 0.15) is 19.3 Å². The van der Waals surface area contributed by atoms with Gasteiger partial charge in [0.25, 0.3) is 7.82 Å². The molecule has 0 aromatic carbocycles. The van der Waals surface area contributed by atoms with Crippen LogP contribution in [0, 0.1) is 0 Å². The Bertz CT molecular complexity index is 1230. The molecule has 388 valence electrons. The average Bonchev–Trinajstić information content (AvgIpc) is 3.27. The first-order valence-electron chi connectivity index (χ1n) is 27.8. The van der Waals surface area contributed by atoms with E-state index in [0.717, 1.165) is 51.4 Å². The summed E-state index contributed by atoms with van der Waals surface area (Å²) in [7, 11) is 1.16. The Labute approximate surface area is 408 Å². The molecule has 3 atom stereocenters. The number of phosphoric acid groups is 1. The fourth-order valence-corrected chi connectivity index (χ4v) is 8.71. The zero-order valence-corrected chi connectivity index (χ0v) is 45.0. The van der Waals surface area contributed by atoms with Crippen molar-refractivity contribution in [3.8, 4) is 0 Å². The molecule has 0 saturated carbocycles. The quantitative estimate of drug-likeness (QED) is 0.0212. The van der Waals surface area contributed by atoms with Crippen LogP contribution in [0.5, 0.6) is 0 Å². The summed E-state index contributed by atoms with van der Waals surface area (Å²) in [5, 5.41) is 2.98. The van der Waals surface area contributed by atoms with Crippen LogP contribution in [0.3, 0.4) is 0 Å². The molecule has 9 nitrogen and oxygen atoms in total. The number of hydrogen-bond acceptors (Lipinski definition) is 7. The molecule has 0 aliphatic carbocycles. The lowest BCUT2D eigenvalue weighted by Crippen LogP contribution is -2.47. The van der Waals surface area contributed by atoms with E-state index in [9.17, 15) is 19.0 Å². The molecule has 0 heterocycles. The lowest BCUT2D eigenvalue weighted by Gasteiger charge is -2.30. The van der Waals surface area contributed by atoms with E-state index in [1.54, 1.807) is 0 Å². The average molecular weight is 951 g/mol. The molecular formula is C56H107N2O7P. The number of nitrogens with zero attached hydrogens (tertiary/aromatic N) is 1. The summed E-state index contributed by atoms with van der Waals surface area (Å²) in [5.74, 6) is -0.611. The van der Waals surface area contributed by atoms with Crippen molar-refractivity contribution >= 4 is 19.7 Å². The Balaban J connectivity index is 5.46. The van der Waals surface area contributed by atoms with E-state index in [1.165, 1.54) is 167 Å². The Kier molecular flexibility index (Phi) is 45.7. The molecule has 0 aliphatic heterocycles. The summed E-state index contributed by atoms with van der Waals surface area (Å²) in [6.07, 6.45) is 54.1. The maximum Gasteiger partial charge on any atom is 0.306 e. The van der Waals surface area contributed by atoms with Gasteiger partial charge >= 0.3 is 5.97 Å². The number of carbonyl (C=O) groups excluding carboxylic acids is 2. The fraction of sp³-hybridized carbons (Fsp3) is 0.857. The van der Waals surface area contributed by atoms with Crippen LogP contribution >= 0.6 is 7.82 Å². The molecule has 0 aromatic heterocycles. The number of likely N-dealkylation sites (N-methyl/N-ethyl adjacent to an activating group) is 1. The predicted molar refractivity (Wildman–Crippen MR) is 279 cm³/mol. The third kappa shape index (κ3) is 47.3. The lowest BCUT2D eigenvalue weighted by molar-refractivity contribution is -0.870. The summed E-state index contributed by atoms with van der Waals surface area (Å²) in [4.78, 5) is 39.7. The largest absolute Gasteiger partial charge is 0.756 e. The minimum Gasteiger partial charge on any atom is -0.756 e. The van der Waals surface area contributed by atoms with Crippen molar-refractivity contribution in [3.05, 3.63) is 36.5 Å². The van der Waals surface area contributed by atoms with Crippen molar-refractivity contribution in [2.24, 2.45) is 0 Å². The minimum atomic E-state index is -4.70. The highest BCUT2D eigenvalue weighted by Crippen LogP contribution is 2.38. The standard InChI is InChI=1S/C56H107N2O7P/c1-7-10-13-16-19-22-25-28-31-34-37-40-43-46-49-56(60)65-54(47-44-41-38-35-32-29-26-23-20-17-14-11-8-2)53(52-64-66(61,62)63-51-50-58(4,5)6)57-55(59)48-45-42-39-36-33-30-27-24-21-18-15-12-9-3/h30,33,39,42,44,47,53-54H,7-29,31-32,34-38,40-41,43,45-46,48-52H2,1-6H3,(H-,57,59,61,62)/b33-30-,42-39+,47-44+. The van der Waals surface area contributed by atoms with Crippen molar-refractivity contribution in [1.29, 1.82) is 0 Å². The molecule has 1 amide bonds. The number of phosphoric ester groups is 1. The molecule has 0 spiro atoms. The number of rotatable bonds is 50. The molecule has 1 N–H and O–H groups in total. The molecule has 0 fully saturated rings. The smallest absolute Gasteiger partial charge is 0.306 e. The molecular weight excluding hydrogens is 844 g/mol. The van der Waals surface area contributed by atoms with Crippen molar-refractivity contribution in [1.82, 2.24) is 5.32 Å². The Morgan fingerprint density at radius 1 is 0.530 bits per heavy atom. The van der Waals surface area contributed by atoms with Gasteiger partial charge in [0.05, 0.1) is 33.8 Å². The molecule has 0 aliphatic rings. The van der Waals surface area contributed by atoms with Gasteiger partial charge in [-0.25, -0.2) is 0 Å². The van der Waals surface area contributed by atoms with Crippen LogP contribution in [-0.4, -0.2) is 69.4 Å². The second-order valence-electron chi connectivity index (χ2n) is 20.1. The normalized spacial score (nSPS) is 14.1. The van der Waals surface area contributed by atoms with E-state index >= 15 is 0 Å². The van der Waals surface area contributed by atoms with Crippen LogP contribution in [0.25, 0.3) is 0 Å². The predicted octanol–water partition coefficient (Wildman–Crippen LogP) is 15.8. The zero-order chi connectivity index (χ0) is 48.7. The number of quaternary nitrogens is 1. The Morgan fingerprint density at radius 2 is 0.939 bits per heavy atom. The Hall–Kier alpha value is -1.77. The van der Waals surface area contributed by atoms with Gasteiger partial charge in [0.15, 0.2) is 0 Å². The number of hydrogen-bond donors (Lipinski definition) is 1. The van der Waals surface area contributed by atoms with Gasteiger partial charge in [-0.1, -0.05) is 231 Å². The van der Waals surface area contributed by atoms with Crippen LogP contribution in [0.1, 0.15) is 258 Å². The van der Waals surface area contributed by atoms with Gasteiger partial charge in [-0.15, -0.1) is 0 Å². The molecule has 0 aromatic rings. The monoisotopic (exact) mass is 951 g/mol. The number of allylic oxidation sites excluding steroid dienone is 5. The van der Waals surface area contributed by atoms with E-state index in [-0.39, 0.29) is 31.3 Å². The van der Waals surface area contributed by atoms with Gasteiger partial charge in [-0.05, 0) is 51.0 Å². The molecule has 0 saturated heterocycles. The number of carbonyl (C=O) groups is 2. The van der Waals surface area contributed by atoms with E-state index in [1.807, 2.05) is 39.4 Å². The first-order chi connectivity index (χ1) is 31.9. The van der Waals surface area contributed by atoms with Crippen LogP contribution in [-0.2, 0) is 27.9 Å². The van der Waals surface area contributed by atoms with Crippen LogP contribution < -0.4 is 10.2 Å². The summed E-state index contributed by atoms with van der Waals surface area (Å²) in [5.41, 5.74) is 0. The van der Waals surface area contributed by atoms with Crippen molar-refractivity contribution in [2.75, 3.05) is 40.9 Å². The summed E-state index contributed by atoms with van der Waals surface area (Å²) < 4.78 is 30.1. The number of ether oxygens (including phenoxy) is 1. The number of unbranched alkanes of at least 4 members (excludes halogenated alkanes) is 30. The van der Waals surface area contributed by atoms with Gasteiger partial charge in [0.2, 0.25) is 5.91 Å². The second kappa shape index (κ2) is 46.9. The number of esters is 1. The zero-order valence-electron chi connectivity index (χ0n) is 44.2. The molecule has 0 bridgehead atoms. The highest BCUT2D eigenvalue weighted by Gasteiger charge is 2.27. The topological polar surface area (TPSA) is 114 Å². The van der Waals surface area contributed by atoms with E-state index in [4.69, 9.17) is 13.8 Å². The highest BCUT2D eigenvalue weighted by atomic mass is 31.2. The number of amides is 1. The number of nitrogens with one attached hydrogen (secondary N) is 1. The van der Waals surface area contributed by atoms with Gasteiger partial charge in [0, 0.05) is 12.8 Å². The van der Waals surface area contributed by atoms with Crippen molar-refractivity contribution in [3.63, 3.8) is 0 Å². The molecule has 0 radical (unpaired) electrons. The Morgan fingerprint density at radius 3 is 1.39 bits per heavy atom. The minimum absolute atomic E-state index is 0.0294. The fourth-order valence-electron chi connectivity index (χ4n) is 7.98. The van der Waals surface area contributed by atoms with Crippen molar-refractivity contribution in [2.45, 2.75) is 270 Å². The summed E-state index contributed by atoms with van der Waals surface area (Å²) >= 11 is 0. The second-order valence-corrected chi connectivity index (χ2v) is 21.5. The SMILES string of the molecule is CCCCCCCC/C=C\C/C=C/CCC(=O)NC(COP(=O)([O-])OCC[N+](C)(C)C)C(/C=C/CCCCCCCCCCCCC)OC(=O)CCCCCCCCCCCCCCCC. The maximum absolute atomic E-state index is 13.4. The summed E-state index contributed by atoms with van der Waals surface area (Å²) in [6, 6.07) is -0.912. The molecule has 66 heavy (non-hydrogen) atoms. The first kappa shape index (κ1) is 64.2. The first-order valence-corrected chi connectivity index (χ1v) is 29.3.